The van der Waals surface area contributed by atoms with Gasteiger partial charge in [-0.2, -0.15) is 0 Å². The van der Waals surface area contributed by atoms with Crippen molar-refractivity contribution in [3.63, 3.8) is 0 Å². The highest BCUT2D eigenvalue weighted by Crippen LogP contribution is 2.38. The predicted molar refractivity (Wildman–Crippen MR) is 241 cm³/mol. The van der Waals surface area contributed by atoms with Crippen molar-refractivity contribution >= 4 is 19.8 Å². The number of unbranched alkanes of at least 4 members (excludes halogenated alkanes) is 23. The molecule has 0 aliphatic rings. The highest BCUT2D eigenvalue weighted by molar-refractivity contribution is 7.45. The van der Waals surface area contributed by atoms with Crippen LogP contribution in [0.5, 0.6) is 0 Å². The summed E-state index contributed by atoms with van der Waals surface area (Å²) in [7, 11) is 1.14. The van der Waals surface area contributed by atoms with Crippen molar-refractivity contribution < 1.29 is 42.1 Å². The van der Waals surface area contributed by atoms with Gasteiger partial charge in [-0.15, -0.1) is 0 Å². The number of nitrogens with zero attached hydrogens (tertiary/aromatic N) is 1. The molecule has 0 radical (unpaired) electrons. The zero-order chi connectivity index (χ0) is 42.8. The van der Waals surface area contributed by atoms with Crippen LogP contribution in [0.4, 0.5) is 0 Å². The fraction of sp³-hybridized carbons (Fsp3) is 0.833. The Bertz CT molecular complexity index is 1090. The first-order valence-electron chi connectivity index (χ1n) is 23.7. The van der Waals surface area contributed by atoms with Crippen molar-refractivity contribution in [2.75, 3.05) is 47.5 Å². The summed E-state index contributed by atoms with van der Waals surface area (Å²) in [6.07, 6.45) is 46.0. The largest absolute Gasteiger partial charge is 0.756 e. The standard InChI is InChI=1S/C48H90NO8P/c1-6-8-10-12-14-16-18-20-22-23-24-25-27-28-30-32-34-36-38-40-47(50)54-44-46(45-56-58(52,53)55-43-42-49(3,4)5)57-48(51)41-39-37-35-33-31-29-26-21-19-17-15-13-11-9-7-2/h15,17,21,26,31,33,46H,6-14,16,18-20,22-25,27-30,32,34-45H2,1-5H3/b17-15-,26-21-,33-31-/t46-/m1/s1. The molecular formula is C48H90NO8P. The van der Waals surface area contributed by atoms with Gasteiger partial charge in [-0.05, 0) is 51.4 Å². The number of ether oxygens (including phenoxy) is 2. The monoisotopic (exact) mass is 840 g/mol. The smallest absolute Gasteiger partial charge is 0.306 e. The highest BCUT2D eigenvalue weighted by atomic mass is 31.2. The topological polar surface area (TPSA) is 111 Å². The number of phosphoric acid groups is 1. The van der Waals surface area contributed by atoms with Gasteiger partial charge in [0.05, 0.1) is 27.7 Å². The average molecular weight is 840 g/mol. The van der Waals surface area contributed by atoms with E-state index < -0.39 is 32.5 Å². The quantitative estimate of drug-likeness (QED) is 0.0196. The van der Waals surface area contributed by atoms with Gasteiger partial charge in [0, 0.05) is 12.8 Å². The molecule has 9 nitrogen and oxygen atoms in total. The van der Waals surface area contributed by atoms with Crippen LogP contribution < -0.4 is 4.89 Å². The van der Waals surface area contributed by atoms with Crippen molar-refractivity contribution in [2.24, 2.45) is 0 Å². The van der Waals surface area contributed by atoms with Crippen LogP contribution in [0.15, 0.2) is 36.5 Å². The van der Waals surface area contributed by atoms with Gasteiger partial charge in [0.1, 0.15) is 19.8 Å². The third-order valence-electron chi connectivity index (χ3n) is 10.2. The molecule has 2 atom stereocenters. The summed E-state index contributed by atoms with van der Waals surface area (Å²) < 4.78 is 33.9. The first-order chi connectivity index (χ1) is 28.0. The number of allylic oxidation sites excluding steroid dienone is 6. The summed E-state index contributed by atoms with van der Waals surface area (Å²) in [5.74, 6) is -0.872. The van der Waals surface area contributed by atoms with Crippen LogP contribution in [0.2, 0.25) is 0 Å². The molecule has 0 aromatic heterocycles. The number of phosphoric ester groups is 1. The van der Waals surface area contributed by atoms with Crippen molar-refractivity contribution in [3.05, 3.63) is 36.5 Å². The SMILES string of the molecule is CCCCC/C=C\C/C=C\C/C=C\CCCCC(=O)O[C@H](COC(=O)CCCCCCCCCCCCCCCCCCCCC)COP(=O)([O-])OCC[N+](C)(C)C. The molecule has 0 aromatic rings. The molecule has 0 aliphatic carbocycles. The third-order valence-corrected chi connectivity index (χ3v) is 11.1. The number of carbonyl (C=O) groups is 2. The van der Waals surface area contributed by atoms with Gasteiger partial charge in [0.15, 0.2) is 6.10 Å². The summed E-state index contributed by atoms with van der Waals surface area (Å²) in [6, 6.07) is 0. The molecule has 0 saturated carbocycles. The lowest BCUT2D eigenvalue weighted by atomic mass is 10.0. The zero-order valence-electron chi connectivity index (χ0n) is 38.2. The number of quaternary nitrogens is 1. The van der Waals surface area contributed by atoms with Crippen LogP contribution in [0.3, 0.4) is 0 Å². The number of hydrogen-bond acceptors (Lipinski definition) is 8. The molecule has 1 unspecified atom stereocenters. The minimum absolute atomic E-state index is 0.0373. The maximum Gasteiger partial charge on any atom is 0.306 e. The molecule has 58 heavy (non-hydrogen) atoms. The van der Waals surface area contributed by atoms with E-state index >= 15 is 0 Å². The minimum Gasteiger partial charge on any atom is -0.756 e. The molecule has 0 amide bonds. The van der Waals surface area contributed by atoms with Gasteiger partial charge >= 0.3 is 11.9 Å². The Morgan fingerprint density at radius 2 is 0.931 bits per heavy atom. The molecule has 0 spiro atoms. The molecule has 0 rings (SSSR count). The molecule has 0 heterocycles. The van der Waals surface area contributed by atoms with Crippen LogP contribution in [-0.2, 0) is 32.7 Å². The lowest BCUT2D eigenvalue weighted by Crippen LogP contribution is -2.37. The Morgan fingerprint density at radius 3 is 1.41 bits per heavy atom. The van der Waals surface area contributed by atoms with Gasteiger partial charge in [0.25, 0.3) is 7.82 Å². The predicted octanol–water partition coefficient (Wildman–Crippen LogP) is 13.1. The minimum atomic E-state index is -4.63. The zero-order valence-corrected chi connectivity index (χ0v) is 39.1. The maximum absolute atomic E-state index is 12.7. The van der Waals surface area contributed by atoms with Crippen molar-refractivity contribution in [1.82, 2.24) is 0 Å². The first-order valence-corrected chi connectivity index (χ1v) is 25.2. The van der Waals surface area contributed by atoms with Gasteiger partial charge in [-0.1, -0.05) is 179 Å². The summed E-state index contributed by atoms with van der Waals surface area (Å²) in [6.45, 7) is 4.17. The van der Waals surface area contributed by atoms with E-state index in [0.717, 1.165) is 51.4 Å². The molecule has 10 heteroatoms. The molecule has 0 N–H and O–H groups in total. The molecule has 0 bridgehead atoms. The fourth-order valence-electron chi connectivity index (χ4n) is 6.43. The Labute approximate surface area is 357 Å². The van der Waals surface area contributed by atoms with E-state index in [4.69, 9.17) is 18.5 Å². The normalized spacial score (nSPS) is 13.8. The summed E-state index contributed by atoms with van der Waals surface area (Å²) in [4.78, 5) is 37.6. The van der Waals surface area contributed by atoms with E-state index in [-0.39, 0.29) is 26.1 Å². The fourth-order valence-corrected chi connectivity index (χ4v) is 7.16. The third kappa shape index (κ3) is 43.8. The van der Waals surface area contributed by atoms with Crippen LogP contribution in [0.1, 0.15) is 206 Å². The Balaban J connectivity index is 4.32. The van der Waals surface area contributed by atoms with Crippen LogP contribution in [0, 0.1) is 0 Å². The number of likely N-dealkylation sites (N-methyl/N-ethyl adjacent to an activating group) is 1. The molecule has 0 fully saturated rings. The van der Waals surface area contributed by atoms with Crippen LogP contribution >= 0.6 is 7.82 Å². The van der Waals surface area contributed by atoms with Gasteiger partial charge < -0.3 is 27.9 Å². The van der Waals surface area contributed by atoms with E-state index in [0.29, 0.717) is 17.4 Å². The van der Waals surface area contributed by atoms with Crippen molar-refractivity contribution in [3.8, 4) is 0 Å². The molecule has 0 aliphatic heterocycles. The maximum atomic E-state index is 12.7. The van der Waals surface area contributed by atoms with E-state index in [1.807, 2.05) is 21.1 Å². The Morgan fingerprint density at radius 1 is 0.534 bits per heavy atom. The second-order valence-electron chi connectivity index (χ2n) is 17.1. The number of hydrogen-bond donors (Lipinski definition) is 0. The number of rotatable bonds is 43. The summed E-state index contributed by atoms with van der Waals surface area (Å²) >= 11 is 0. The van der Waals surface area contributed by atoms with E-state index in [2.05, 4.69) is 50.3 Å². The van der Waals surface area contributed by atoms with Gasteiger partial charge in [0.2, 0.25) is 0 Å². The van der Waals surface area contributed by atoms with Gasteiger partial charge in [-0.25, -0.2) is 0 Å². The average Bonchev–Trinajstić information content (AvgIpc) is 3.17. The molecular weight excluding hydrogens is 750 g/mol. The van der Waals surface area contributed by atoms with E-state index in [9.17, 15) is 19.0 Å². The molecule has 0 aromatic carbocycles. The lowest BCUT2D eigenvalue weighted by Gasteiger charge is -2.28. The van der Waals surface area contributed by atoms with E-state index in [1.165, 1.54) is 122 Å². The number of esters is 2. The highest BCUT2D eigenvalue weighted by Gasteiger charge is 2.21. The Kier molecular flexibility index (Phi) is 39.4. The second kappa shape index (κ2) is 40.6. The van der Waals surface area contributed by atoms with Crippen LogP contribution in [-0.4, -0.2) is 70.0 Å². The molecule has 0 saturated heterocycles. The number of carbonyl (C=O) groups excluding carboxylic acids is 2. The Hall–Kier alpha value is -1.77. The molecule has 340 valence electrons. The van der Waals surface area contributed by atoms with E-state index in [1.54, 1.807) is 0 Å². The van der Waals surface area contributed by atoms with Crippen molar-refractivity contribution in [2.45, 2.75) is 213 Å². The van der Waals surface area contributed by atoms with Crippen molar-refractivity contribution in [1.29, 1.82) is 0 Å². The first kappa shape index (κ1) is 56.2. The van der Waals surface area contributed by atoms with Crippen LogP contribution in [0.25, 0.3) is 0 Å². The second-order valence-corrected chi connectivity index (χ2v) is 18.5. The van der Waals surface area contributed by atoms with Gasteiger partial charge in [-0.3, -0.25) is 14.2 Å². The summed E-state index contributed by atoms with van der Waals surface area (Å²) in [5.41, 5.74) is 0. The summed E-state index contributed by atoms with van der Waals surface area (Å²) in [5, 5.41) is 0. The lowest BCUT2D eigenvalue weighted by molar-refractivity contribution is -0.870.